The van der Waals surface area contributed by atoms with Gasteiger partial charge in [-0.25, -0.2) is 0 Å². The zero-order valence-corrected chi connectivity index (χ0v) is 23.7. The molecule has 2 aliphatic carbocycles. The van der Waals surface area contributed by atoms with Gasteiger partial charge in [0.05, 0.1) is 23.3 Å². The number of hydrogen-bond acceptors (Lipinski definition) is 6. The molecule has 0 bridgehead atoms. The fourth-order valence-electron chi connectivity index (χ4n) is 4.95. The lowest BCUT2D eigenvalue weighted by Gasteiger charge is -2.43. The number of methoxy groups -OCH3 is 1. The van der Waals surface area contributed by atoms with Gasteiger partial charge in [-0.05, 0) is 71.7 Å². The number of ether oxygens (including phenoxy) is 2. The fourth-order valence-corrected chi connectivity index (χ4v) is 5.46. The van der Waals surface area contributed by atoms with Crippen molar-refractivity contribution in [3.8, 4) is 11.5 Å². The summed E-state index contributed by atoms with van der Waals surface area (Å²) in [5, 5.41) is 23.5. The summed E-state index contributed by atoms with van der Waals surface area (Å²) in [4.78, 5) is 28.4. The Bertz CT molecular complexity index is 1150. The van der Waals surface area contributed by atoms with E-state index in [1.165, 1.54) is 0 Å². The fraction of sp³-hybridized carbons (Fsp3) is 0.448. The second-order valence-electron chi connectivity index (χ2n) is 9.67. The molecule has 3 unspecified atom stereocenters. The molecule has 2 aromatic rings. The zero-order chi connectivity index (χ0) is 27.1. The first-order valence-electron chi connectivity index (χ1n) is 13.0. The van der Waals surface area contributed by atoms with E-state index in [9.17, 15) is 19.8 Å². The van der Waals surface area contributed by atoms with Crippen LogP contribution in [-0.2, 0) is 16.0 Å². The largest absolute Gasteiger partial charge is 0.496 e. The highest BCUT2D eigenvalue weighted by Gasteiger charge is 2.42. The minimum Gasteiger partial charge on any atom is -0.496 e. The third-order valence-corrected chi connectivity index (χ3v) is 8.16. The Morgan fingerprint density at radius 2 is 1.82 bits per heavy atom. The second kappa shape index (κ2) is 13.4. The van der Waals surface area contributed by atoms with Crippen molar-refractivity contribution in [1.29, 1.82) is 0 Å². The first kappa shape index (κ1) is 28.4. The van der Waals surface area contributed by atoms with Crippen LogP contribution in [0.5, 0.6) is 11.5 Å². The van der Waals surface area contributed by atoms with Crippen LogP contribution >= 0.6 is 22.6 Å². The van der Waals surface area contributed by atoms with Gasteiger partial charge in [0.2, 0.25) is 11.8 Å². The number of carbonyl (C=O) groups excluding carboxylic acids is 2. The molecule has 4 rings (SSSR count). The molecule has 3 N–H and O–H groups in total. The summed E-state index contributed by atoms with van der Waals surface area (Å²) in [5.74, 6) is 0.923. The number of halogens is 1. The van der Waals surface area contributed by atoms with Crippen molar-refractivity contribution in [1.82, 2.24) is 10.2 Å². The van der Waals surface area contributed by atoms with Gasteiger partial charge in [0.15, 0.2) is 0 Å². The Morgan fingerprint density at radius 1 is 1.11 bits per heavy atom. The molecule has 2 aromatic carbocycles. The van der Waals surface area contributed by atoms with Crippen LogP contribution in [0.1, 0.15) is 31.2 Å². The van der Waals surface area contributed by atoms with E-state index in [1.54, 1.807) is 18.1 Å². The highest BCUT2D eigenvalue weighted by atomic mass is 127. The molecule has 0 spiro atoms. The molecule has 0 radical (unpaired) electrons. The van der Waals surface area contributed by atoms with Gasteiger partial charge in [-0.2, -0.15) is 0 Å². The number of para-hydroxylation sites is 2. The quantitative estimate of drug-likeness (QED) is 0.328. The molecule has 2 amide bonds. The maximum atomic E-state index is 13.7. The normalized spacial score (nSPS) is 21.2. The smallest absolute Gasteiger partial charge is 0.247 e. The van der Waals surface area contributed by atoms with Crippen molar-refractivity contribution >= 4 is 34.4 Å². The molecule has 0 aliphatic heterocycles. The van der Waals surface area contributed by atoms with Crippen molar-refractivity contribution in [2.75, 3.05) is 26.8 Å². The van der Waals surface area contributed by atoms with E-state index >= 15 is 0 Å². The number of aliphatic hydroxyl groups is 2. The summed E-state index contributed by atoms with van der Waals surface area (Å²) in [5.41, 5.74) is 1.39. The third-order valence-electron chi connectivity index (χ3n) is 7.27. The molecular formula is C29H35IN2O6. The topological polar surface area (TPSA) is 108 Å². The molecular weight excluding hydrogens is 599 g/mol. The van der Waals surface area contributed by atoms with E-state index in [1.807, 2.05) is 48.5 Å². The van der Waals surface area contributed by atoms with Gasteiger partial charge in [0.1, 0.15) is 23.7 Å². The monoisotopic (exact) mass is 634 g/mol. The van der Waals surface area contributed by atoms with E-state index < -0.39 is 18.2 Å². The number of hydrogen-bond donors (Lipinski definition) is 3. The van der Waals surface area contributed by atoms with Crippen LogP contribution in [0.4, 0.5) is 0 Å². The molecule has 8 nitrogen and oxygen atoms in total. The van der Waals surface area contributed by atoms with Crippen molar-refractivity contribution in [3.05, 3.63) is 69.3 Å². The lowest BCUT2D eigenvalue weighted by Crippen LogP contribution is -2.57. The van der Waals surface area contributed by atoms with E-state index in [-0.39, 0.29) is 37.3 Å². The maximum Gasteiger partial charge on any atom is 0.247 e. The van der Waals surface area contributed by atoms with Crippen LogP contribution in [-0.4, -0.2) is 72.0 Å². The van der Waals surface area contributed by atoms with Crippen LogP contribution in [0.2, 0.25) is 0 Å². The summed E-state index contributed by atoms with van der Waals surface area (Å²) in [6.07, 6.45) is 3.17. The molecule has 0 aromatic heterocycles. The first-order valence-corrected chi connectivity index (χ1v) is 14.1. The molecule has 38 heavy (non-hydrogen) atoms. The van der Waals surface area contributed by atoms with Crippen LogP contribution in [0.3, 0.4) is 0 Å². The van der Waals surface area contributed by atoms with Gasteiger partial charge < -0.3 is 29.9 Å². The number of rotatable bonds is 11. The van der Waals surface area contributed by atoms with Gasteiger partial charge in [0.25, 0.3) is 0 Å². The van der Waals surface area contributed by atoms with Gasteiger partial charge in [0, 0.05) is 31.0 Å². The van der Waals surface area contributed by atoms with E-state index in [2.05, 4.69) is 27.9 Å². The predicted molar refractivity (Wildman–Crippen MR) is 152 cm³/mol. The highest BCUT2D eigenvalue weighted by molar-refractivity contribution is 14.1. The zero-order valence-electron chi connectivity index (χ0n) is 21.5. The summed E-state index contributed by atoms with van der Waals surface area (Å²) >= 11 is 2.17. The summed E-state index contributed by atoms with van der Waals surface area (Å²) in [7, 11) is 1.62. The molecule has 3 atom stereocenters. The van der Waals surface area contributed by atoms with Crippen LogP contribution < -0.4 is 14.8 Å². The van der Waals surface area contributed by atoms with Gasteiger partial charge in [-0.3, -0.25) is 9.59 Å². The number of nitrogens with zero attached hydrogens (tertiary/aromatic N) is 1. The number of benzene rings is 2. The average molecular weight is 635 g/mol. The molecule has 204 valence electrons. The minimum atomic E-state index is -1.04. The Hall–Kier alpha value is -2.63. The van der Waals surface area contributed by atoms with E-state index in [4.69, 9.17) is 9.47 Å². The maximum absolute atomic E-state index is 13.7. The molecule has 1 saturated carbocycles. The number of aliphatic hydroxyl groups excluding tert-OH is 2. The Labute approximate surface area is 237 Å². The van der Waals surface area contributed by atoms with Crippen LogP contribution in [0.25, 0.3) is 0 Å². The van der Waals surface area contributed by atoms with Crippen molar-refractivity contribution in [3.63, 3.8) is 0 Å². The van der Waals surface area contributed by atoms with Gasteiger partial charge >= 0.3 is 0 Å². The molecule has 0 heterocycles. The Balaban J connectivity index is 1.64. The summed E-state index contributed by atoms with van der Waals surface area (Å²) in [6, 6.07) is 14.5. The van der Waals surface area contributed by atoms with E-state index in [0.717, 1.165) is 34.1 Å². The van der Waals surface area contributed by atoms with Gasteiger partial charge in [-0.1, -0.05) is 36.8 Å². The molecule has 2 aliphatic rings. The lowest BCUT2D eigenvalue weighted by molar-refractivity contribution is -0.145. The Kier molecular flexibility index (Phi) is 10.0. The van der Waals surface area contributed by atoms with Crippen LogP contribution in [0, 0.1) is 9.49 Å². The summed E-state index contributed by atoms with van der Waals surface area (Å²) < 4.78 is 12.6. The standard InChI is InChI=1S/C29H35IN2O6/c1-37-24-11-4-2-7-19(24)13-15-32(29(36)20-8-6-9-20)23-17-21(28(35)31-14-16-33)18-26(27(23)34)38-25-12-5-3-10-22(25)30/h2-5,7,10-12,18,20,23,26-27,33-34H,6,8-9,13-17H2,1H3,(H,31,35). The number of amides is 2. The van der Waals surface area contributed by atoms with Crippen molar-refractivity contribution in [2.24, 2.45) is 5.92 Å². The highest BCUT2D eigenvalue weighted by Crippen LogP contribution is 2.34. The van der Waals surface area contributed by atoms with Crippen molar-refractivity contribution < 1.29 is 29.3 Å². The predicted octanol–water partition coefficient (Wildman–Crippen LogP) is 3.09. The number of carbonyl (C=O) groups is 2. The van der Waals surface area contributed by atoms with Gasteiger partial charge in [-0.15, -0.1) is 0 Å². The molecule has 9 heteroatoms. The van der Waals surface area contributed by atoms with Crippen molar-refractivity contribution in [2.45, 2.75) is 50.4 Å². The summed E-state index contributed by atoms with van der Waals surface area (Å²) in [6.45, 7) is 0.307. The third kappa shape index (κ3) is 6.68. The van der Waals surface area contributed by atoms with Crippen LogP contribution in [0.15, 0.2) is 60.2 Å². The SMILES string of the molecule is COc1ccccc1CCN(C(=O)C1CCC1)C1CC(C(=O)NCCO)=CC(Oc2ccccc2I)C1O. The molecule has 0 saturated heterocycles. The average Bonchev–Trinajstić information content (AvgIpc) is 2.89. The first-order chi connectivity index (χ1) is 18.4. The molecule has 1 fully saturated rings. The Morgan fingerprint density at radius 3 is 2.47 bits per heavy atom. The lowest BCUT2D eigenvalue weighted by atomic mass is 9.82. The number of nitrogens with one attached hydrogen (secondary N) is 1. The van der Waals surface area contributed by atoms with E-state index in [0.29, 0.717) is 24.3 Å². The minimum absolute atomic E-state index is 0.000237. The second-order valence-corrected chi connectivity index (χ2v) is 10.8.